The number of carbonyl (C=O) groups excluding carboxylic acids is 1. The summed E-state index contributed by atoms with van der Waals surface area (Å²) in [4.78, 5) is 14.3. The Hall–Kier alpha value is -1.39. The highest BCUT2D eigenvalue weighted by molar-refractivity contribution is 5.82. The van der Waals surface area contributed by atoms with E-state index in [1.807, 2.05) is 24.3 Å². The summed E-state index contributed by atoms with van der Waals surface area (Å²) in [5, 5.41) is 3.35. The maximum atomic E-state index is 12.1. The molecule has 4 nitrogen and oxygen atoms in total. The predicted octanol–water partition coefficient (Wildman–Crippen LogP) is 1.10. The number of ether oxygens (including phenoxy) is 1. The van der Waals surface area contributed by atoms with Crippen molar-refractivity contribution in [3.63, 3.8) is 0 Å². The van der Waals surface area contributed by atoms with Crippen molar-refractivity contribution in [2.45, 2.75) is 12.8 Å². The van der Waals surface area contributed by atoms with Crippen LogP contribution in [0.5, 0.6) is 5.75 Å². The summed E-state index contributed by atoms with van der Waals surface area (Å²) in [5.41, 5.74) is 1.03. The predicted molar refractivity (Wildman–Crippen MR) is 75.6 cm³/mol. The summed E-state index contributed by atoms with van der Waals surface area (Å²) in [6.07, 6.45) is 1.60. The molecule has 0 aliphatic carbocycles. The molecule has 0 bridgehead atoms. The first kappa shape index (κ1) is 14.0. The molecule has 1 aromatic rings. The van der Waals surface area contributed by atoms with Crippen LogP contribution in [0, 0.1) is 0 Å². The molecule has 4 heteroatoms. The molecule has 1 N–H and O–H groups in total. The zero-order valence-corrected chi connectivity index (χ0v) is 11.5. The van der Waals surface area contributed by atoms with E-state index < -0.39 is 0 Å². The van der Waals surface area contributed by atoms with Gasteiger partial charge in [0.2, 0.25) is 0 Å². The molecule has 1 fully saturated rings. The summed E-state index contributed by atoms with van der Waals surface area (Å²) in [6.45, 7) is 4.56. The molecular formula is C15H22N2O2. The summed E-state index contributed by atoms with van der Waals surface area (Å²) in [7, 11) is 1.64. The Morgan fingerprint density at radius 2 is 2.26 bits per heavy atom. The number of hydrogen-bond donors (Lipinski definition) is 1. The molecule has 0 unspecified atom stereocenters. The number of nitrogens with one attached hydrogen (secondary N) is 1. The van der Waals surface area contributed by atoms with Crippen molar-refractivity contribution in [1.82, 2.24) is 10.2 Å². The molecule has 19 heavy (non-hydrogen) atoms. The van der Waals surface area contributed by atoms with Crippen molar-refractivity contribution in [2.75, 3.05) is 39.8 Å². The van der Waals surface area contributed by atoms with Crippen LogP contribution in [-0.4, -0.2) is 50.5 Å². The molecule has 1 saturated heterocycles. The standard InChI is InChI=1S/C15H22N2O2/c1-19-15-5-2-4-13(11-15)10-14(18)12-17-8-3-6-16-7-9-17/h2,4-5,11,16H,3,6-10,12H2,1H3. The van der Waals surface area contributed by atoms with Crippen LogP contribution >= 0.6 is 0 Å². The maximum absolute atomic E-state index is 12.1. The number of rotatable bonds is 5. The third-order valence-corrected chi connectivity index (χ3v) is 3.37. The third kappa shape index (κ3) is 4.65. The number of ketones is 1. The minimum atomic E-state index is 0.273. The van der Waals surface area contributed by atoms with E-state index in [0.29, 0.717) is 13.0 Å². The molecule has 1 aliphatic heterocycles. The first-order valence-electron chi connectivity index (χ1n) is 6.85. The molecule has 1 aliphatic rings. The number of hydrogen-bond acceptors (Lipinski definition) is 4. The number of carbonyl (C=O) groups is 1. The fourth-order valence-corrected chi connectivity index (χ4v) is 2.38. The van der Waals surface area contributed by atoms with Gasteiger partial charge in [-0.05, 0) is 37.2 Å². The molecule has 0 saturated carbocycles. The van der Waals surface area contributed by atoms with Crippen LogP contribution in [0.4, 0.5) is 0 Å². The van der Waals surface area contributed by atoms with Crippen molar-refractivity contribution in [3.05, 3.63) is 29.8 Å². The Labute approximate surface area is 114 Å². The zero-order valence-electron chi connectivity index (χ0n) is 11.5. The Morgan fingerprint density at radius 3 is 3.11 bits per heavy atom. The van der Waals surface area contributed by atoms with Gasteiger partial charge in [0.25, 0.3) is 0 Å². The van der Waals surface area contributed by atoms with Gasteiger partial charge in [-0.15, -0.1) is 0 Å². The van der Waals surface area contributed by atoms with Gasteiger partial charge >= 0.3 is 0 Å². The van der Waals surface area contributed by atoms with Gasteiger partial charge in [0, 0.05) is 19.5 Å². The fourth-order valence-electron chi connectivity index (χ4n) is 2.38. The van der Waals surface area contributed by atoms with Crippen LogP contribution in [0.15, 0.2) is 24.3 Å². The Balaban J connectivity index is 1.85. The Bertz CT molecular complexity index is 412. The minimum Gasteiger partial charge on any atom is -0.497 e. The maximum Gasteiger partial charge on any atom is 0.151 e. The van der Waals surface area contributed by atoms with Gasteiger partial charge in [0.05, 0.1) is 13.7 Å². The Morgan fingerprint density at radius 1 is 1.37 bits per heavy atom. The average Bonchev–Trinajstić information content (AvgIpc) is 2.67. The van der Waals surface area contributed by atoms with Crippen molar-refractivity contribution >= 4 is 5.78 Å². The lowest BCUT2D eigenvalue weighted by Gasteiger charge is -2.18. The van der Waals surface area contributed by atoms with Crippen LogP contribution in [0.1, 0.15) is 12.0 Å². The fraction of sp³-hybridized carbons (Fsp3) is 0.533. The van der Waals surface area contributed by atoms with E-state index in [0.717, 1.165) is 43.9 Å². The number of benzene rings is 1. The SMILES string of the molecule is COc1cccc(CC(=O)CN2CCCNCC2)c1. The molecule has 1 heterocycles. The topological polar surface area (TPSA) is 41.6 Å². The first-order valence-corrected chi connectivity index (χ1v) is 6.85. The highest BCUT2D eigenvalue weighted by Crippen LogP contribution is 2.13. The number of methoxy groups -OCH3 is 1. The lowest BCUT2D eigenvalue weighted by atomic mass is 10.1. The van der Waals surface area contributed by atoms with Crippen LogP contribution in [-0.2, 0) is 11.2 Å². The largest absolute Gasteiger partial charge is 0.497 e. The second-order valence-corrected chi connectivity index (χ2v) is 4.95. The van der Waals surface area contributed by atoms with E-state index in [1.165, 1.54) is 0 Å². The smallest absolute Gasteiger partial charge is 0.151 e. The van der Waals surface area contributed by atoms with Gasteiger partial charge in [-0.3, -0.25) is 9.69 Å². The van der Waals surface area contributed by atoms with E-state index in [4.69, 9.17) is 4.74 Å². The van der Waals surface area contributed by atoms with E-state index in [2.05, 4.69) is 10.2 Å². The van der Waals surface area contributed by atoms with Gasteiger partial charge < -0.3 is 10.1 Å². The van der Waals surface area contributed by atoms with Crippen molar-refractivity contribution in [1.29, 1.82) is 0 Å². The van der Waals surface area contributed by atoms with E-state index in [1.54, 1.807) is 7.11 Å². The first-order chi connectivity index (χ1) is 9.28. The minimum absolute atomic E-state index is 0.273. The van der Waals surface area contributed by atoms with Crippen molar-refractivity contribution < 1.29 is 9.53 Å². The van der Waals surface area contributed by atoms with Crippen LogP contribution in [0.25, 0.3) is 0 Å². The molecule has 0 radical (unpaired) electrons. The van der Waals surface area contributed by atoms with Gasteiger partial charge in [0.1, 0.15) is 5.75 Å². The molecule has 0 amide bonds. The zero-order chi connectivity index (χ0) is 13.5. The molecule has 0 spiro atoms. The van der Waals surface area contributed by atoms with E-state index in [9.17, 15) is 4.79 Å². The highest BCUT2D eigenvalue weighted by Gasteiger charge is 2.13. The van der Waals surface area contributed by atoms with Gasteiger partial charge in [-0.2, -0.15) is 0 Å². The highest BCUT2D eigenvalue weighted by atomic mass is 16.5. The van der Waals surface area contributed by atoms with Crippen LogP contribution < -0.4 is 10.1 Å². The molecule has 1 aromatic carbocycles. The van der Waals surface area contributed by atoms with Crippen molar-refractivity contribution in [2.24, 2.45) is 0 Å². The van der Waals surface area contributed by atoms with Crippen LogP contribution in [0.3, 0.4) is 0 Å². The van der Waals surface area contributed by atoms with Gasteiger partial charge in [-0.1, -0.05) is 12.1 Å². The van der Waals surface area contributed by atoms with Gasteiger partial charge in [-0.25, -0.2) is 0 Å². The lowest BCUT2D eigenvalue weighted by molar-refractivity contribution is -0.119. The monoisotopic (exact) mass is 262 g/mol. The molecular weight excluding hydrogens is 240 g/mol. The van der Waals surface area contributed by atoms with Crippen molar-refractivity contribution in [3.8, 4) is 5.75 Å². The third-order valence-electron chi connectivity index (χ3n) is 3.37. The summed E-state index contributed by atoms with van der Waals surface area (Å²) in [5.74, 6) is 1.08. The van der Waals surface area contributed by atoms with Gasteiger partial charge in [0.15, 0.2) is 5.78 Å². The average molecular weight is 262 g/mol. The summed E-state index contributed by atoms with van der Waals surface area (Å²) < 4.78 is 5.17. The number of nitrogens with zero attached hydrogens (tertiary/aromatic N) is 1. The normalized spacial score (nSPS) is 16.9. The molecule has 0 aromatic heterocycles. The molecule has 2 rings (SSSR count). The Kier molecular flexibility index (Phi) is 5.36. The summed E-state index contributed by atoms with van der Waals surface area (Å²) in [6, 6.07) is 7.73. The second-order valence-electron chi connectivity index (χ2n) is 4.95. The summed E-state index contributed by atoms with van der Waals surface area (Å²) >= 11 is 0. The number of Topliss-reactive ketones (excluding diaryl/α,β-unsaturated/α-hetero) is 1. The molecule has 0 atom stereocenters. The van der Waals surface area contributed by atoms with E-state index in [-0.39, 0.29) is 5.78 Å². The second kappa shape index (κ2) is 7.26. The quantitative estimate of drug-likeness (QED) is 0.863. The molecule has 104 valence electrons. The van der Waals surface area contributed by atoms with E-state index >= 15 is 0 Å². The lowest BCUT2D eigenvalue weighted by Crippen LogP contribution is -2.33. The van der Waals surface area contributed by atoms with Crippen LogP contribution in [0.2, 0.25) is 0 Å².